The van der Waals surface area contributed by atoms with Crippen molar-refractivity contribution < 1.29 is 4.74 Å². The zero-order chi connectivity index (χ0) is 17.6. The largest absolute Gasteiger partial charge is 0.489 e. The van der Waals surface area contributed by atoms with Gasteiger partial charge in [0, 0.05) is 26.2 Å². The van der Waals surface area contributed by atoms with Crippen LogP contribution in [0.15, 0.2) is 71.4 Å². The molecule has 1 N–H and O–H groups in total. The minimum absolute atomic E-state index is 0.295. The van der Waals surface area contributed by atoms with E-state index in [1.807, 2.05) is 18.2 Å². The molecule has 1 aliphatic rings. The second-order valence-electron chi connectivity index (χ2n) is 6.59. The van der Waals surface area contributed by atoms with E-state index in [2.05, 4.69) is 63.4 Å². The third kappa shape index (κ3) is 4.15. The molecule has 4 heteroatoms. The summed E-state index contributed by atoms with van der Waals surface area (Å²) < 4.78 is 6.06. The highest BCUT2D eigenvalue weighted by Crippen LogP contribution is 2.32. The lowest BCUT2D eigenvalue weighted by Crippen LogP contribution is -2.45. The maximum Gasteiger partial charge on any atom is 0.120 e. The standard InChI is InChI=1S/C22H24N2OS/c1-2-5-18(6-3-1)16-25-21-8-4-7-19(15-21)22(20-9-14-26-17-20)24-12-10-23-11-13-24/h1-9,14-15,17,22-23H,10-13,16H2. The highest BCUT2D eigenvalue weighted by molar-refractivity contribution is 7.08. The number of hydrogen-bond donors (Lipinski definition) is 1. The van der Waals surface area contributed by atoms with Crippen LogP contribution in [0, 0.1) is 0 Å². The first-order valence-electron chi connectivity index (χ1n) is 9.14. The van der Waals surface area contributed by atoms with Gasteiger partial charge in [-0.25, -0.2) is 0 Å². The summed E-state index contributed by atoms with van der Waals surface area (Å²) in [4.78, 5) is 2.56. The molecule has 1 aromatic heterocycles. The van der Waals surface area contributed by atoms with Gasteiger partial charge in [0.05, 0.1) is 6.04 Å². The van der Waals surface area contributed by atoms with Crippen LogP contribution in [-0.2, 0) is 6.61 Å². The van der Waals surface area contributed by atoms with Crippen molar-refractivity contribution in [2.75, 3.05) is 26.2 Å². The Hall–Kier alpha value is -2.14. The van der Waals surface area contributed by atoms with E-state index in [-0.39, 0.29) is 0 Å². The van der Waals surface area contributed by atoms with E-state index in [4.69, 9.17) is 4.74 Å². The number of ether oxygens (including phenoxy) is 1. The van der Waals surface area contributed by atoms with Crippen molar-refractivity contribution in [3.8, 4) is 5.75 Å². The van der Waals surface area contributed by atoms with Gasteiger partial charge < -0.3 is 10.1 Å². The van der Waals surface area contributed by atoms with Crippen molar-refractivity contribution in [1.29, 1.82) is 0 Å². The molecule has 1 aliphatic heterocycles. The molecule has 0 radical (unpaired) electrons. The number of piperazine rings is 1. The molecule has 0 spiro atoms. The highest BCUT2D eigenvalue weighted by atomic mass is 32.1. The fourth-order valence-electron chi connectivity index (χ4n) is 3.50. The predicted molar refractivity (Wildman–Crippen MR) is 108 cm³/mol. The molecule has 1 saturated heterocycles. The first-order chi connectivity index (χ1) is 12.9. The average molecular weight is 365 g/mol. The predicted octanol–water partition coefficient (Wildman–Crippen LogP) is 4.32. The Morgan fingerprint density at radius 1 is 0.962 bits per heavy atom. The van der Waals surface area contributed by atoms with E-state index in [9.17, 15) is 0 Å². The van der Waals surface area contributed by atoms with E-state index >= 15 is 0 Å². The van der Waals surface area contributed by atoms with E-state index in [0.29, 0.717) is 12.6 Å². The third-order valence-electron chi connectivity index (χ3n) is 4.80. The molecule has 1 unspecified atom stereocenters. The lowest BCUT2D eigenvalue weighted by molar-refractivity contribution is 0.198. The maximum absolute atomic E-state index is 6.06. The first kappa shape index (κ1) is 17.3. The minimum Gasteiger partial charge on any atom is -0.489 e. The van der Waals surface area contributed by atoms with Gasteiger partial charge in [-0.1, -0.05) is 42.5 Å². The van der Waals surface area contributed by atoms with E-state index in [0.717, 1.165) is 31.9 Å². The Labute approximate surface area is 159 Å². The minimum atomic E-state index is 0.295. The SMILES string of the molecule is c1ccc(COc2cccc(C(c3ccsc3)N3CCNCC3)c2)cc1. The van der Waals surface area contributed by atoms with Crippen LogP contribution in [0.25, 0.3) is 0 Å². The molecule has 0 bridgehead atoms. The van der Waals surface area contributed by atoms with Crippen LogP contribution in [-0.4, -0.2) is 31.1 Å². The number of nitrogens with zero attached hydrogens (tertiary/aromatic N) is 1. The molecule has 0 saturated carbocycles. The average Bonchev–Trinajstić information content (AvgIpc) is 3.23. The fourth-order valence-corrected chi connectivity index (χ4v) is 4.18. The second kappa shape index (κ2) is 8.49. The smallest absolute Gasteiger partial charge is 0.120 e. The molecule has 2 heterocycles. The van der Waals surface area contributed by atoms with Gasteiger partial charge in [0.2, 0.25) is 0 Å². The maximum atomic E-state index is 6.06. The summed E-state index contributed by atoms with van der Waals surface area (Å²) in [6.07, 6.45) is 0. The Morgan fingerprint density at radius 2 is 1.81 bits per heavy atom. The first-order valence-corrected chi connectivity index (χ1v) is 10.1. The lowest BCUT2D eigenvalue weighted by Gasteiger charge is -2.35. The monoisotopic (exact) mass is 364 g/mol. The molecular weight excluding hydrogens is 340 g/mol. The van der Waals surface area contributed by atoms with Crippen molar-refractivity contribution in [2.24, 2.45) is 0 Å². The molecular formula is C22H24N2OS. The Balaban J connectivity index is 1.56. The second-order valence-corrected chi connectivity index (χ2v) is 7.37. The van der Waals surface area contributed by atoms with Crippen LogP contribution in [0.3, 0.4) is 0 Å². The van der Waals surface area contributed by atoms with Gasteiger partial charge >= 0.3 is 0 Å². The molecule has 0 amide bonds. The molecule has 4 rings (SSSR count). The van der Waals surface area contributed by atoms with Crippen LogP contribution in [0.5, 0.6) is 5.75 Å². The van der Waals surface area contributed by atoms with Crippen LogP contribution < -0.4 is 10.1 Å². The van der Waals surface area contributed by atoms with Crippen LogP contribution >= 0.6 is 11.3 Å². The van der Waals surface area contributed by atoms with Crippen molar-refractivity contribution >= 4 is 11.3 Å². The molecule has 26 heavy (non-hydrogen) atoms. The van der Waals surface area contributed by atoms with Gasteiger partial charge in [-0.3, -0.25) is 4.90 Å². The highest BCUT2D eigenvalue weighted by Gasteiger charge is 2.24. The number of nitrogens with one attached hydrogen (secondary N) is 1. The zero-order valence-corrected chi connectivity index (χ0v) is 15.6. The number of hydrogen-bond acceptors (Lipinski definition) is 4. The quantitative estimate of drug-likeness (QED) is 0.705. The van der Waals surface area contributed by atoms with Crippen LogP contribution in [0.2, 0.25) is 0 Å². The topological polar surface area (TPSA) is 24.5 Å². The van der Waals surface area contributed by atoms with Gasteiger partial charge in [0.25, 0.3) is 0 Å². The fraction of sp³-hybridized carbons (Fsp3) is 0.273. The summed E-state index contributed by atoms with van der Waals surface area (Å²) in [5.41, 5.74) is 3.86. The molecule has 3 nitrogen and oxygen atoms in total. The summed E-state index contributed by atoms with van der Waals surface area (Å²) in [7, 11) is 0. The molecule has 0 aliphatic carbocycles. The molecule has 1 atom stereocenters. The number of benzene rings is 2. The Bertz CT molecular complexity index is 798. The van der Waals surface area contributed by atoms with Crippen molar-refractivity contribution in [3.05, 3.63) is 88.1 Å². The summed E-state index contributed by atoms with van der Waals surface area (Å²) >= 11 is 1.76. The summed E-state index contributed by atoms with van der Waals surface area (Å²) in [5, 5.41) is 7.89. The van der Waals surface area contributed by atoms with E-state index < -0.39 is 0 Å². The van der Waals surface area contributed by atoms with Crippen molar-refractivity contribution in [2.45, 2.75) is 12.6 Å². The van der Waals surface area contributed by atoms with Crippen LogP contribution in [0.1, 0.15) is 22.7 Å². The lowest BCUT2D eigenvalue weighted by atomic mass is 9.98. The molecule has 2 aromatic carbocycles. The van der Waals surface area contributed by atoms with Crippen molar-refractivity contribution in [3.63, 3.8) is 0 Å². The molecule has 3 aromatic rings. The third-order valence-corrected chi connectivity index (χ3v) is 5.50. The normalized spacial score (nSPS) is 16.3. The molecule has 1 fully saturated rings. The van der Waals surface area contributed by atoms with Gasteiger partial charge in [-0.2, -0.15) is 11.3 Å². The number of rotatable bonds is 6. The molecule has 134 valence electrons. The van der Waals surface area contributed by atoms with E-state index in [1.165, 1.54) is 16.7 Å². The van der Waals surface area contributed by atoms with Crippen molar-refractivity contribution in [1.82, 2.24) is 10.2 Å². The van der Waals surface area contributed by atoms with Gasteiger partial charge in [-0.05, 0) is 45.6 Å². The Kier molecular flexibility index (Phi) is 5.65. The van der Waals surface area contributed by atoms with Gasteiger partial charge in [-0.15, -0.1) is 0 Å². The summed E-state index contributed by atoms with van der Waals surface area (Å²) in [6.45, 7) is 4.82. The number of thiophene rings is 1. The summed E-state index contributed by atoms with van der Waals surface area (Å²) in [6, 6.07) is 21.4. The van der Waals surface area contributed by atoms with Crippen LogP contribution in [0.4, 0.5) is 0 Å². The Morgan fingerprint density at radius 3 is 2.58 bits per heavy atom. The van der Waals surface area contributed by atoms with Gasteiger partial charge in [0.1, 0.15) is 12.4 Å². The van der Waals surface area contributed by atoms with Gasteiger partial charge in [0.15, 0.2) is 0 Å². The zero-order valence-electron chi connectivity index (χ0n) is 14.8. The van der Waals surface area contributed by atoms with E-state index in [1.54, 1.807) is 11.3 Å². The summed E-state index contributed by atoms with van der Waals surface area (Å²) in [5.74, 6) is 0.932.